The Morgan fingerprint density at radius 3 is 2.50 bits per heavy atom. The lowest BCUT2D eigenvalue weighted by Crippen LogP contribution is -2.26. The first-order valence-corrected chi connectivity index (χ1v) is 9.29. The number of aromatic nitrogens is 4. The van der Waals surface area contributed by atoms with Crippen LogP contribution in [0.25, 0.3) is 11.2 Å². The van der Waals surface area contributed by atoms with E-state index in [1.807, 2.05) is 0 Å². The molecular weight excluding hydrogens is 324 g/mol. The van der Waals surface area contributed by atoms with Crippen molar-refractivity contribution in [3.8, 4) is 0 Å². The highest BCUT2D eigenvalue weighted by atomic mass is 15.3. The molecule has 1 N–H and O–H groups in total. The van der Waals surface area contributed by atoms with E-state index in [4.69, 9.17) is 4.98 Å². The van der Waals surface area contributed by atoms with Gasteiger partial charge in [0.2, 0.25) is 5.95 Å². The third-order valence-electron chi connectivity index (χ3n) is 4.86. The highest BCUT2D eigenvalue weighted by Gasteiger charge is 2.17. The molecule has 6 heteroatoms. The predicted molar refractivity (Wildman–Crippen MR) is 105 cm³/mol. The Bertz CT molecular complexity index is 915. The molecule has 1 saturated heterocycles. The topological polar surface area (TPSA) is 66.8 Å². The molecule has 3 heterocycles. The standard InChI is InChI=1S/C20H24N6/c1-14-7-8-15(2)16(13-14)23-19-17-18(22-10-9-21-17)24-20(25-19)26-11-5-3-4-6-12-26/h7-10,13H,3-6,11-12H2,1-2H3,(H,22,23,24,25). The molecule has 0 unspecified atom stereocenters. The SMILES string of the molecule is Cc1ccc(C)c(Nc2nc(N3CCCCCC3)nc3nccnc23)c1. The van der Waals surface area contributed by atoms with Gasteiger partial charge in [-0.15, -0.1) is 0 Å². The maximum absolute atomic E-state index is 4.83. The van der Waals surface area contributed by atoms with Gasteiger partial charge in [-0.1, -0.05) is 25.0 Å². The Balaban J connectivity index is 1.78. The lowest BCUT2D eigenvalue weighted by atomic mass is 10.1. The Labute approximate surface area is 153 Å². The van der Waals surface area contributed by atoms with E-state index < -0.39 is 0 Å². The number of hydrogen-bond acceptors (Lipinski definition) is 6. The molecule has 0 bridgehead atoms. The lowest BCUT2D eigenvalue weighted by molar-refractivity contribution is 0.726. The normalized spacial score (nSPS) is 15.1. The van der Waals surface area contributed by atoms with E-state index in [1.165, 1.54) is 36.8 Å². The zero-order valence-electron chi connectivity index (χ0n) is 15.4. The van der Waals surface area contributed by atoms with E-state index in [9.17, 15) is 0 Å². The second kappa shape index (κ2) is 7.23. The van der Waals surface area contributed by atoms with Gasteiger partial charge in [-0.2, -0.15) is 9.97 Å². The van der Waals surface area contributed by atoms with Crippen LogP contribution in [0.2, 0.25) is 0 Å². The summed E-state index contributed by atoms with van der Waals surface area (Å²) in [4.78, 5) is 20.7. The summed E-state index contributed by atoms with van der Waals surface area (Å²) < 4.78 is 0. The fourth-order valence-corrected chi connectivity index (χ4v) is 3.35. The molecule has 0 aliphatic carbocycles. The van der Waals surface area contributed by atoms with Crippen LogP contribution in [-0.4, -0.2) is 33.0 Å². The fraction of sp³-hybridized carbons (Fsp3) is 0.400. The van der Waals surface area contributed by atoms with Crippen molar-refractivity contribution in [2.45, 2.75) is 39.5 Å². The maximum Gasteiger partial charge on any atom is 0.229 e. The molecule has 1 aromatic carbocycles. The van der Waals surface area contributed by atoms with Crippen molar-refractivity contribution in [2.24, 2.45) is 0 Å². The zero-order chi connectivity index (χ0) is 17.9. The molecule has 1 aliphatic rings. The highest BCUT2D eigenvalue weighted by Crippen LogP contribution is 2.27. The van der Waals surface area contributed by atoms with Crippen LogP contribution < -0.4 is 10.2 Å². The minimum atomic E-state index is 0.634. The third kappa shape index (κ3) is 3.45. The third-order valence-corrected chi connectivity index (χ3v) is 4.86. The van der Waals surface area contributed by atoms with Crippen molar-refractivity contribution in [1.82, 2.24) is 19.9 Å². The second-order valence-corrected chi connectivity index (χ2v) is 6.95. The van der Waals surface area contributed by atoms with Gasteiger partial charge in [0.1, 0.15) is 0 Å². The molecule has 1 fully saturated rings. The molecule has 4 rings (SSSR count). The molecule has 0 radical (unpaired) electrons. The highest BCUT2D eigenvalue weighted by molar-refractivity contribution is 5.86. The average Bonchev–Trinajstić information content (AvgIpc) is 2.94. The largest absolute Gasteiger partial charge is 0.341 e. The summed E-state index contributed by atoms with van der Waals surface area (Å²) in [7, 11) is 0. The average molecular weight is 348 g/mol. The summed E-state index contributed by atoms with van der Waals surface area (Å²) in [6.07, 6.45) is 8.28. The molecule has 0 spiro atoms. The van der Waals surface area contributed by atoms with Crippen LogP contribution in [0.4, 0.5) is 17.5 Å². The quantitative estimate of drug-likeness (QED) is 0.766. The van der Waals surface area contributed by atoms with Gasteiger partial charge in [0.05, 0.1) is 0 Å². The Morgan fingerprint density at radius 2 is 1.69 bits per heavy atom. The lowest BCUT2D eigenvalue weighted by Gasteiger charge is -2.21. The van der Waals surface area contributed by atoms with E-state index in [-0.39, 0.29) is 0 Å². The van der Waals surface area contributed by atoms with Crippen LogP contribution in [0.5, 0.6) is 0 Å². The van der Waals surface area contributed by atoms with Crippen LogP contribution in [-0.2, 0) is 0 Å². The zero-order valence-corrected chi connectivity index (χ0v) is 15.4. The van der Waals surface area contributed by atoms with Crippen molar-refractivity contribution in [3.05, 3.63) is 41.7 Å². The number of anilines is 3. The molecule has 0 saturated carbocycles. The number of benzene rings is 1. The van der Waals surface area contributed by atoms with Gasteiger partial charge < -0.3 is 10.2 Å². The number of nitrogens with one attached hydrogen (secondary N) is 1. The van der Waals surface area contributed by atoms with E-state index in [2.05, 4.69) is 57.2 Å². The summed E-state index contributed by atoms with van der Waals surface area (Å²) in [5.41, 5.74) is 4.75. The minimum absolute atomic E-state index is 0.634. The Hall–Kier alpha value is -2.76. The first kappa shape index (κ1) is 16.7. The van der Waals surface area contributed by atoms with Crippen LogP contribution in [0.15, 0.2) is 30.6 Å². The first-order valence-electron chi connectivity index (χ1n) is 9.29. The van der Waals surface area contributed by atoms with E-state index in [0.29, 0.717) is 11.2 Å². The predicted octanol–water partition coefficient (Wildman–Crippen LogP) is 4.16. The van der Waals surface area contributed by atoms with Crippen LogP contribution in [0.3, 0.4) is 0 Å². The number of nitrogens with zero attached hydrogens (tertiary/aromatic N) is 5. The van der Waals surface area contributed by atoms with E-state index in [1.54, 1.807) is 12.4 Å². The summed E-state index contributed by atoms with van der Waals surface area (Å²) in [5.74, 6) is 1.46. The summed E-state index contributed by atoms with van der Waals surface area (Å²) >= 11 is 0. The summed E-state index contributed by atoms with van der Waals surface area (Å²) in [6, 6.07) is 6.36. The summed E-state index contributed by atoms with van der Waals surface area (Å²) in [6.45, 7) is 6.17. The van der Waals surface area contributed by atoms with Crippen molar-refractivity contribution < 1.29 is 0 Å². The Kier molecular flexibility index (Phi) is 4.65. The number of rotatable bonds is 3. The van der Waals surface area contributed by atoms with Gasteiger partial charge in [0.25, 0.3) is 0 Å². The molecule has 0 amide bonds. The molecule has 2 aromatic heterocycles. The maximum atomic E-state index is 4.83. The van der Waals surface area contributed by atoms with Crippen molar-refractivity contribution in [1.29, 1.82) is 0 Å². The Morgan fingerprint density at radius 1 is 0.923 bits per heavy atom. The summed E-state index contributed by atoms with van der Waals surface area (Å²) in [5, 5.41) is 3.47. The van der Waals surface area contributed by atoms with Crippen LogP contribution in [0, 0.1) is 13.8 Å². The van der Waals surface area contributed by atoms with Gasteiger partial charge in [0, 0.05) is 31.2 Å². The van der Waals surface area contributed by atoms with Gasteiger partial charge in [-0.05, 0) is 43.9 Å². The molecular formula is C20H24N6. The molecule has 1 aliphatic heterocycles. The van der Waals surface area contributed by atoms with Crippen molar-refractivity contribution in [3.63, 3.8) is 0 Å². The van der Waals surface area contributed by atoms with Crippen molar-refractivity contribution >= 4 is 28.6 Å². The molecule has 0 atom stereocenters. The number of hydrogen-bond donors (Lipinski definition) is 1. The smallest absolute Gasteiger partial charge is 0.229 e. The molecule has 6 nitrogen and oxygen atoms in total. The van der Waals surface area contributed by atoms with Crippen molar-refractivity contribution in [2.75, 3.05) is 23.3 Å². The van der Waals surface area contributed by atoms with Gasteiger partial charge in [-0.25, -0.2) is 9.97 Å². The van der Waals surface area contributed by atoms with E-state index in [0.717, 1.165) is 30.5 Å². The van der Waals surface area contributed by atoms with Gasteiger partial charge in [0.15, 0.2) is 17.0 Å². The number of aryl methyl sites for hydroxylation is 2. The van der Waals surface area contributed by atoms with Gasteiger partial charge in [-0.3, -0.25) is 0 Å². The molecule has 26 heavy (non-hydrogen) atoms. The number of fused-ring (bicyclic) bond motifs is 1. The molecule has 3 aromatic rings. The monoisotopic (exact) mass is 348 g/mol. The van der Waals surface area contributed by atoms with Gasteiger partial charge >= 0.3 is 0 Å². The van der Waals surface area contributed by atoms with Crippen LogP contribution >= 0.6 is 0 Å². The molecule has 134 valence electrons. The minimum Gasteiger partial charge on any atom is -0.341 e. The fourth-order valence-electron chi connectivity index (χ4n) is 3.35. The van der Waals surface area contributed by atoms with E-state index >= 15 is 0 Å². The second-order valence-electron chi connectivity index (χ2n) is 6.95. The van der Waals surface area contributed by atoms with Crippen LogP contribution in [0.1, 0.15) is 36.8 Å². The first-order chi connectivity index (χ1) is 12.7.